The van der Waals surface area contributed by atoms with Crippen LogP contribution in [-0.2, 0) is 16.1 Å². The third-order valence-corrected chi connectivity index (χ3v) is 7.50. The number of benzene rings is 3. The number of carbonyl (C=O) groups excluding carboxylic acids is 2. The molecule has 0 saturated heterocycles. The minimum Gasteiger partial charge on any atom is -0.496 e. The molecule has 1 atom stereocenters. The number of nitrogens with zero attached hydrogens (tertiary/aromatic N) is 1. The largest absolute Gasteiger partial charge is 0.496 e. The average Bonchev–Trinajstić information content (AvgIpc) is 3.01. The van der Waals surface area contributed by atoms with Gasteiger partial charge in [-0.2, -0.15) is 0 Å². The Hall–Kier alpha value is -5.09. The Morgan fingerprint density at radius 3 is 2.32 bits per heavy atom. The number of carbonyl (C=O) groups is 3. The quantitative estimate of drug-likeness (QED) is 0.159. The van der Waals surface area contributed by atoms with Gasteiger partial charge in [-0.15, -0.1) is 0 Å². The van der Waals surface area contributed by atoms with Gasteiger partial charge in [0.2, 0.25) is 5.91 Å². The number of amides is 2. The van der Waals surface area contributed by atoms with Gasteiger partial charge in [0, 0.05) is 5.54 Å². The lowest BCUT2D eigenvalue weighted by Gasteiger charge is -2.38. The molecule has 0 saturated carbocycles. The maximum Gasteiger partial charge on any atom is 0.408 e. The molecule has 1 aliphatic rings. The summed E-state index contributed by atoms with van der Waals surface area (Å²) in [7, 11) is 3.03. The fourth-order valence-electron chi connectivity index (χ4n) is 5.22. The van der Waals surface area contributed by atoms with E-state index in [4.69, 9.17) is 18.9 Å². The van der Waals surface area contributed by atoms with E-state index >= 15 is 0 Å². The fraction of sp³-hybridized carbons (Fsp3) is 0.324. The molecular formula is C37H42N2O8. The van der Waals surface area contributed by atoms with Gasteiger partial charge in [0.25, 0.3) is 0 Å². The molecule has 1 unspecified atom stereocenters. The normalized spacial score (nSPS) is 14.1. The molecular weight excluding hydrogens is 600 g/mol. The van der Waals surface area contributed by atoms with Crippen molar-refractivity contribution in [1.82, 2.24) is 4.90 Å². The lowest BCUT2D eigenvalue weighted by Crippen LogP contribution is -2.57. The molecule has 0 bridgehead atoms. The topological polar surface area (TPSA) is 124 Å². The second-order valence-corrected chi connectivity index (χ2v) is 12.6. The highest BCUT2D eigenvalue weighted by Gasteiger charge is 2.38. The van der Waals surface area contributed by atoms with E-state index in [-0.39, 0.29) is 19.0 Å². The summed E-state index contributed by atoms with van der Waals surface area (Å²) in [4.78, 5) is 40.6. The molecule has 4 rings (SSSR count). The number of anilines is 1. The molecule has 1 aliphatic heterocycles. The van der Waals surface area contributed by atoms with Crippen molar-refractivity contribution in [3.05, 3.63) is 95.1 Å². The predicted molar refractivity (Wildman–Crippen MR) is 181 cm³/mol. The SMILES string of the molecule is COc1ccc(C=CC(=O)c2ccc(OC)c3c2OC(C)(C)C=C3)cc1NC(=O)C(COCc1ccccc1)N(C(=O)O)C(C)(C)C. The van der Waals surface area contributed by atoms with Crippen molar-refractivity contribution < 1.29 is 38.4 Å². The van der Waals surface area contributed by atoms with E-state index in [9.17, 15) is 19.5 Å². The lowest BCUT2D eigenvalue weighted by molar-refractivity contribution is -0.125. The van der Waals surface area contributed by atoms with E-state index in [0.29, 0.717) is 39.6 Å². The fourth-order valence-corrected chi connectivity index (χ4v) is 5.22. The van der Waals surface area contributed by atoms with Gasteiger partial charge in [0.05, 0.1) is 44.2 Å². The minimum absolute atomic E-state index is 0.180. The van der Waals surface area contributed by atoms with Crippen LogP contribution in [-0.4, -0.2) is 65.8 Å². The van der Waals surface area contributed by atoms with Gasteiger partial charge in [-0.25, -0.2) is 4.79 Å². The van der Waals surface area contributed by atoms with Gasteiger partial charge in [0.1, 0.15) is 28.9 Å². The zero-order valence-electron chi connectivity index (χ0n) is 27.8. The Morgan fingerprint density at radius 1 is 1.00 bits per heavy atom. The molecule has 0 radical (unpaired) electrons. The smallest absolute Gasteiger partial charge is 0.408 e. The molecule has 0 aliphatic carbocycles. The van der Waals surface area contributed by atoms with Gasteiger partial charge in [-0.1, -0.05) is 42.5 Å². The van der Waals surface area contributed by atoms with Crippen LogP contribution >= 0.6 is 0 Å². The van der Waals surface area contributed by atoms with Crippen molar-refractivity contribution in [2.24, 2.45) is 0 Å². The number of methoxy groups -OCH3 is 2. The molecule has 47 heavy (non-hydrogen) atoms. The maximum atomic E-state index is 13.8. The molecule has 0 fully saturated rings. The number of fused-ring (bicyclic) bond motifs is 1. The summed E-state index contributed by atoms with van der Waals surface area (Å²) >= 11 is 0. The summed E-state index contributed by atoms with van der Waals surface area (Å²) in [5.74, 6) is 0.518. The first-order valence-corrected chi connectivity index (χ1v) is 15.2. The predicted octanol–water partition coefficient (Wildman–Crippen LogP) is 7.09. The number of ketones is 1. The van der Waals surface area contributed by atoms with Crippen molar-refractivity contribution in [3.63, 3.8) is 0 Å². The summed E-state index contributed by atoms with van der Waals surface area (Å²) in [6, 6.07) is 16.7. The van der Waals surface area contributed by atoms with Crippen LogP contribution in [0.25, 0.3) is 12.2 Å². The summed E-state index contributed by atoms with van der Waals surface area (Å²) in [6.45, 7) is 8.97. The number of nitrogens with one attached hydrogen (secondary N) is 1. The van der Waals surface area contributed by atoms with E-state index < -0.39 is 29.2 Å². The van der Waals surface area contributed by atoms with Crippen LogP contribution in [0, 0.1) is 0 Å². The molecule has 0 aromatic heterocycles. The van der Waals surface area contributed by atoms with Gasteiger partial charge < -0.3 is 29.4 Å². The second-order valence-electron chi connectivity index (χ2n) is 12.6. The Morgan fingerprint density at radius 2 is 1.68 bits per heavy atom. The van der Waals surface area contributed by atoms with Crippen molar-refractivity contribution in [2.75, 3.05) is 26.1 Å². The van der Waals surface area contributed by atoms with E-state index in [1.54, 1.807) is 64.3 Å². The third kappa shape index (κ3) is 8.59. The molecule has 248 valence electrons. The van der Waals surface area contributed by atoms with Gasteiger partial charge in [-0.3, -0.25) is 14.5 Å². The molecule has 2 N–H and O–H groups in total. The number of hydrogen-bond acceptors (Lipinski definition) is 7. The molecule has 10 heteroatoms. The summed E-state index contributed by atoms with van der Waals surface area (Å²) in [5.41, 5.74) is 1.35. The summed E-state index contributed by atoms with van der Waals surface area (Å²) in [6.07, 6.45) is 5.59. The van der Waals surface area contributed by atoms with Crippen LogP contribution < -0.4 is 19.5 Å². The van der Waals surface area contributed by atoms with Crippen LogP contribution in [0.15, 0.2) is 72.8 Å². The standard InChI is InChI=1S/C37H42N2O8/c1-36(2,3)39(35(42)43)29(23-46-22-25-11-9-8-10-12-25)34(41)38-28-21-24(14-17-32(28)45-7)13-16-30(40)26-15-18-31(44-6)27-19-20-37(4,5)47-33(26)27/h8-21,29H,22-23H2,1-7H3,(H,38,41)(H,42,43). The van der Waals surface area contributed by atoms with Crippen molar-refractivity contribution in [3.8, 4) is 17.2 Å². The molecule has 2 amide bonds. The Kier molecular flexibility index (Phi) is 10.8. The Bertz CT molecular complexity index is 1670. The number of rotatable bonds is 12. The average molecular weight is 643 g/mol. The van der Waals surface area contributed by atoms with E-state index in [0.717, 1.165) is 10.5 Å². The second kappa shape index (κ2) is 14.6. The van der Waals surface area contributed by atoms with E-state index in [1.165, 1.54) is 13.2 Å². The molecule has 3 aromatic carbocycles. The van der Waals surface area contributed by atoms with Crippen molar-refractivity contribution in [1.29, 1.82) is 0 Å². The van der Waals surface area contributed by atoms with E-state index in [1.807, 2.05) is 56.3 Å². The molecule has 1 heterocycles. The van der Waals surface area contributed by atoms with Gasteiger partial charge >= 0.3 is 6.09 Å². The Labute approximate surface area is 275 Å². The number of carboxylic acid groups (broad SMARTS) is 1. The van der Waals surface area contributed by atoms with Crippen LogP contribution in [0.4, 0.5) is 10.5 Å². The maximum absolute atomic E-state index is 13.8. The van der Waals surface area contributed by atoms with Crippen LogP contribution in [0.3, 0.4) is 0 Å². The summed E-state index contributed by atoms with van der Waals surface area (Å²) < 4.78 is 23.0. The first kappa shape index (κ1) is 34.8. The monoisotopic (exact) mass is 642 g/mol. The number of ether oxygens (including phenoxy) is 4. The highest BCUT2D eigenvalue weighted by Crippen LogP contribution is 2.40. The zero-order chi connectivity index (χ0) is 34.4. The zero-order valence-corrected chi connectivity index (χ0v) is 27.8. The van der Waals surface area contributed by atoms with Crippen LogP contribution in [0.1, 0.15) is 61.7 Å². The van der Waals surface area contributed by atoms with Gasteiger partial charge in [0.15, 0.2) is 5.78 Å². The first-order chi connectivity index (χ1) is 22.2. The third-order valence-electron chi connectivity index (χ3n) is 7.50. The minimum atomic E-state index is -1.26. The number of hydrogen-bond donors (Lipinski definition) is 2. The molecule has 0 spiro atoms. The Balaban J connectivity index is 1.59. The first-order valence-electron chi connectivity index (χ1n) is 15.2. The summed E-state index contributed by atoms with van der Waals surface area (Å²) in [5, 5.41) is 12.9. The van der Waals surface area contributed by atoms with E-state index in [2.05, 4.69) is 5.32 Å². The molecule has 3 aromatic rings. The lowest BCUT2D eigenvalue weighted by atomic mass is 9.97. The molecule has 10 nitrogen and oxygen atoms in total. The van der Waals surface area contributed by atoms with Gasteiger partial charge in [-0.05, 0) is 88.2 Å². The highest BCUT2D eigenvalue weighted by atomic mass is 16.5. The highest BCUT2D eigenvalue weighted by molar-refractivity contribution is 6.09. The van der Waals surface area contributed by atoms with Crippen LogP contribution in [0.2, 0.25) is 0 Å². The number of allylic oxidation sites excluding steroid dienone is 1. The van der Waals surface area contributed by atoms with Crippen LogP contribution in [0.5, 0.6) is 17.2 Å². The van der Waals surface area contributed by atoms with Crippen molar-refractivity contribution >= 4 is 35.6 Å². The van der Waals surface area contributed by atoms with Crippen molar-refractivity contribution in [2.45, 2.75) is 58.4 Å².